The van der Waals surface area contributed by atoms with E-state index in [0.717, 1.165) is 29.1 Å². The molecule has 0 aliphatic carbocycles. The molecule has 20 heavy (non-hydrogen) atoms. The lowest BCUT2D eigenvalue weighted by molar-refractivity contribution is 0.179. The highest BCUT2D eigenvalue weighted by Crippen LogP contribution is 2.28. The van der Waals surface area contributed by atoms with Crippen LogP contribution in [0.1, 0.15) is 31.4 Å². The average Bonchev–Trinajstić information content (AvgIpc) is 2.95. The fourth-order valence-electron chi connectivity index (χ4n) is 3.02. The van der Waals surface area contributed by atoms with Crippen molar-refractivity contribution in [3.05, 3.63) is 5.69 Å². The van der Waals surface area contributed by atoms with Gasteiger partial charge in [-0.15, -0.1) is 0 Å². The maximum atomic E-state index is 4.63. The summed E-state index contributed by atoms with van der Waals surface area (Å²) < 4.78 is 3.06. The molecule has 0 unspecified atom stereocenters. The molecule has 2 aromatic heterocycles. The predicted octanol–water partition coefficient (Wildman–Crippen LogP) is 2.62. The van der Waals surface area contributed by atoms with Crippen molar-refractivity contribution >= 4 is 26.8 Å². The Balaban J connectivity index is 1.58. The van der Waals surface area contributed by atoms with Gasteiger partial charge in [0.2, 0.25) is 0 Å². The summed E-state index contributed by atoms with van der Waals surface area (Å²) in [4.78, 5) is 7.13. The number of hydrogen-bond acceptors (Lipinski definition) is 5. The summed E-state index contributed by atoms with van der Waals surface area (Å²) in [7, 11) is 4.20. The molecule has 0 aromatic carbocycles. The molecule has 1 aliphatic rings. The molecule has 1 N–H and O–H groups in total. The van der Waals surface area contributed by atoms with Crippen LogP contribution in [0.4, 0.5) is 5.13 Å². The molecule has 1 atom stereocenters. The van der Waals surface area contributed by atoms with E-state index < -0.39 is 0 Å². The van der Waals surface area contributed by atoms with Gasteiger partial charge in [-0.1, -0.05) is 17.8 Å². The Morgan fingerprint density at radius 1 is 1.35 bits per heavy atom. The van der Waals surface area contributed by atoms with Gasteiger partial charge in [-0.2, -0.15) is 5.10 Å². The normalized spacial score (nSPS) is 20.6. The van der Waals surface area contributed by atoms with Crippen LogP contribution < -0.4 is 5.32 Å². The minimum absolute atomic E-state index is 0.731. The summed E-state index contributed by atoms with van der Waals surface area (Å²) in [6.45, 7) is 4.29. The second kappa shape index (κ2) is 5.69. The molecule has 0 radical (unpaired) electrons. The van der Waals surface area contributed by atoms with E-state index in [1.54, 1.807) is 11.3 Å². The van der Waals surface area contributed by atoms with E-state index in [1.165, 1.54) is 36.9 Å². The minimum Gasteiger partial charge on any atom is -0.361 e. The van der Waals surface area contributed by atoms with Crippen molar-refractivity contribution in [2.24, 2.45) is 7.05 Å². The SMILES string of the molecule is Cc1nn(C)c2nc(NCC[C@@H]3CCCCN3C)sc12. The van der Waals surface area contributed by atoms with Gasteiger partial charge in [0.05, 0.1) is 10.4 Å². The molecule has 0 saturated carbocycles. The van der Waals surface area contributed by atoms with Gasteiger partial charge in [-0.05, 0) is 39.8 Å². The smallest absolute Gasteiger partial charge is 0.185 e. The topological polar surface area (TPSA) is 46.0 Å². The number of fused-ring (bicyclic) bond motifs is 1. The van der Waals surface area contributed by atoms with Crippen LogP contribution in [0.5, 0.6) is 0 Å². The lowest BCUT2D eigenvalue weighted by atomic mass is 10.0. The summed E-state index contributed by atoms with van der Waals surface area (Å²) in [6, 6.07) is 0.731. The first kappa shape index (κ1) is 13.8. The van der Waals surface area contributed by atoms with Crippen LogP contribution >= 0.6 is 11.3 Å². The zero-order valence-corrected chi connectivity index (χ0v) is 13.3. The van der Waals surface area contributed by atoms with Crippen molar-refractivity contribution in [3.63, 3.8) is 0 Å². The van der Waals surface area contributed by atoms with Gasteiger partial charge in [-0.25, -0.2) is 9.67 Å². The Hall–Kier alpha value is -1.14. The van der Waals surface area contributed by atoms with E-state index >= 15 is 0 Å². The highest BCUT2D eigenvalue weighted by molar-refractivity contribution is 7.22. The standard InChI is InChI=1S/C14H23N5S/c1-10-12-13(19(3)17-10)16-14(20-12)15-8-7-11-6-4-5-9-18(11)2/h11H,4-9H2,1-3H3,(H,15,16)/t11-/m0/s1. The third kappa shape index (κ3) is 2.67. The number of likely N-dealkylation sites (tertiary alicyclic amines) is 1. The van der Waals surface area contributed by atoms with Gasteiger partial charge in [0.1, 0.15) is 0 Å². The van der Waals surface area contributed by atoms with Crippen molar-refractivity contribution in [1.82, 2.24) is 19.7 Å². The Labute approximate surface area is 124 Å². The lowest BCUT2D eigenvalue weighted by Gasteiger charge is -2.32. The van der Waals surface area contributed by atoms with E-state index in [-0.39, 0.29) is 0 Å². The lowest BCUT2D eigenvalue weighted by Crippen LogP contribution is -2.37. The highest BCUT2D eigenvalue weighted by atomic mass is 32.1. The number of aryl methyl sites for hydroxylation is 2. The first-order valence-corrected chi connectivity index (χ1v) is 8.21. The van der Waals surface area contributed by atoms with E-state index in [0.29, 0.717) is 0 Å². The summed E-state index contributed by atoms with van der Waals surface area (Å²) in [5.74, 6) is 0. The van der Waals surface area contributed by atoms with Crippen molar-refractivity contribution in [1.29, 1.82) is 0 Å². The van der Waals surface area contributed by atoms with Gasteiger partial charge in [0.25, 0.3) is 0 Å². The molecule has 3 heterocycles. The maximum absolute atomic E-state index is 4.63. The zero-order valence-electron chi connectivity index (χ0n) is 12.5. The van der Waals surface area contributed by atoms with Crippen LogP contribution in [0, 0.1) is 6.92 Å². The number of nitrogens with zero attached hydrogens (tertiary/aromatic N) is 4. The highest BCUT2D eigenvalue weighted by Gasteiger charge is 2.18. The molecular formula is C14H23N5S. The fourth-order valence-corrected chi connectivity index (χ4v) is 3.97. The van der Waals surface area contributed by atoms with E-state index in [1.807, 2.05) is 18.7 Å². The number of hydrogen-bond donors (Lipinski definition) is 1. The Bertz CT molecular complexity index is 553. The molecule has 5 nitrogen and oxygen atoms in total. The van der Waals surface area contributed by atoms with Gasteiger partial charge < -0.3 is 10.2 Å². The number of thiazole rings is 1. The van der Waals surface area contributed by atoms with Gasteiger partial charge >= 0.3 is 0 Å². The van der Waals surface area contributed by atoms with Gasteiger partial charge in [0, 0.05) is 19.6 Å². The number of nitrogens with one attached hydrogen (secondary N) is 1. The first-order chi connectivity index (χ1) is 9.65. The van der Waals surface area contributed by atoms with Crippen molar-refractivity contribution in [2.45, 2.75) is 38.6 Å². The van der Waals surface area contributed by atoms with Gasteiger partial charge in [-0.3, -0.25) is 0 Å². The minimum atomic E-state index is 0.731. The van der Waals surface area contributed by atoms with Crippen LogP contribution in [-0.2, 0) is 7.05 Å². The quantitative estimate of drug-likeness (QED) is 0.941. The molecular weight excluding hydrogens is 270 g/mol. The number of aromatic nitrogens is 3. The largest absolute Gasteiger partial charge is 0.361 e. The van der Waals surface area contributed by atoms with Crippen molar-refractivity contribution < 1.29 is 0 Å². The monoisotopic (exact) mass is 293 g/mol. The van der Waals surface area contributed by atoms with Crippen LogP contribution in [0.2, 0.25) is 0 Å². The molecule has 3 rings (SSSR count). The Kier molecular flexibility index (Phi) is 3.94. The molecule has 2 aromatic rings. The predicted molar refractivity (Wildman–Crippen MR) is 84.5 cm³/mol. The number of piperidine rings is 1. The second-order valence-electron chi connectivity index (χ2n) is 5.73. The molecule has 1 aliphatic heterocycles. The van der Waals surface area contributed by atoms with E-state index in [9.17, 15) is 0 Å². The van der Waals surface area contributed by atoms with E-state index in [4.69, 9.17) is 0 Å². The summed E-state index contributed by atoms with van der Waals surface area (Å²) >= 11 is 1.71. The Morgan fingerprint density at radius 3 is 2.95 bits per heavy atom. The third-order valence-corrected chi connectivity index (χ3v) is 5.33. The molecule has 0 bridgehead atoms. The summed E-state index contributed by atoms with van der Waals surface area (Å²) in [5, 5.41) is 8.89. The first-order valence-electron chi connectivity index (χ1n) is 7.39. The van der Waals surface area contributed by atoms with E-state index in [2.05, 4.69) is 27.3 Å². The van der Waals surface area contributed by atoms with Gasteiger partial charge in [0.15, 0.2) is 10.8 Å². The Morgan fingerprint density at radius 2 is 2.20 bits per heavy atom. The molecule has 1 fully saturated rings. The zero-order chi connectivity index (χ0) is 14.1. The van der Waals surface area contributed by atoms with Crippen LogP contribution in [-0.4, -0.2) is 45.8 Å². The number of anilines is 1. The summed E-state index contributed by atoms with van der Waals surface area (Å²) in [5.41, 5.74) is 2.06. The number of rotatable bonds is 4. The van der Waals surface area contributed by atoms with Crippen molar-refractivity contribution in [3.8, 4) is 0 Å². The molecule has 0 spiro atoms. The van der Waals surface area contributed by atoms with Crippen LogP contribution in [0.3, 0.4) is 0 Å². The fraction of sp³-hybridized carbons (Fsp3) is 0.714. The van der Waals surface area contributed by atoms with Crippen molar-refractivity contribution in [2.75, 3.05) is 25.5 Å². The van der Waals surface area contributed by atoms with Crippen LogP contribution in [0.25, 0.3) is 10.3 Å². The molecule has 110 valence electrons. The second-order valence-corrected chi connectivity index (χ2v) is 6.73. The molecule has 6 heteroatoms. The molecule has 0 amide bonds. The average molecular weight is 293 g/mol. The molecule has 1 saturated heterocycles. The summed E-state index contributed by atoms with van der Waals surface area (Å²) in [6.07, 6.45) is 5.26. The maximum Gasteiger partial charge on any atom is 0.185 e. The third-order valence-electron chi connectivity index (χ3n) is 4.22. The van der Waals surface area contributed by atoms with Crippen LogP contribution in [0.15, 0.2) is 0 Å².